The number of para-hydroxylation sites is 1. The molecule has 0 unspecified atom stereocenters. The van der Waals surface area contributed by atoms with Crippen LogP contribution in [0.25, 0.3) is 16.7 Å². The number of rotatable bonds is 5. The lowest BCUT2D eigenvalue weighted by Crippen LogP contribution is -2.41. The van der Waals surface area contributed by atoms with Gasteiger partial charge in [-0.1, -0.05) is 18.2 Å². The van der Waals surface area contributed by atoms with E-state index >= 15 is 0 Å². The van der Waals surface area contributed by atoms with Gasteiger partial charge < -0.3 is 19.5 Å². The van der Waals surface area contributed by atoms with Gasteiger partial charge in [0.1, 0.15) is 28.1 Å². The standard InChI is InChI=1S/C29H30N4O5/c1-29(2,3)38-28(36)32-17-14-19(15-18-32)23-13-16-30-25-24(23)31-33(26(25)27(34)35)20-9-11-22(12-10-20)37-21-7-5-4-6-8-21/h4-13,16,19H,14-15,17-18H2,1-3H3,(H,34,35). The molecular formula is C29H30N4O5. The SMILES string of the molecule is CC(C)(C)OC(=O)N1CCC(c2ccnc3c(C(=O)O)n(-c4ccc(Oc5ccccc5)cc4)nc23)CC1. The van der Waals surface area contributed by atoms with E-state index in [2.05, 4.69) is 4.98 Å². The summed E-state index contributed by atoms with van der Waals surface area (Å²) >= 11 is 0. The van der Waals surface area contributed by atoms with Crippen LogP contribution in [0.3, 0.4) is 0 Å². The summed E-state index contributed by atoms with van der Waals surface area (Å²) in [5.74, 6) is 0.347. The smallest absolute Gasteiger partial charge is 0.410 e. The molecule has 3 heterocycles. The fraction of sp³-hybridized carbons (Fsp3) is 0.310. The fourth-order valence-corrected chi connectivity index (χ4v) is 4.69. The van der Waals surface area contributed by atoms with E-state index < -0.39 is 11.6 Å². The Morgan fingerprint density at radius 1 is 0.921 bits per heavy atom. The van der Waals surface area contributed by atoms with Crippen molar-refractivity contribution in [2.75, 3.05) is 13.1 Å². The third-order valence-electron chi connectivity index (χ3n) is 6.44. The molecule has 0 atom stereocenters. The predicted molar refractivity (Wildman–Crippen MR) is 142 cm³/mol. The van der Waals surface area contributed by atoms with Crippen molar-refractivity contribution in [1.29, 1.82) is 0 Å². The molecule has 0 bridgehead atoms. The lowest BCUT2D eigenvalue weighted by molar-refractivity contribution is 0.0205. The van der Waals surface area contributed by atoms with E-state index in [0.717, 1.165) is 18.4 Å². The number of ether oxygens (including phenoxy) is 2. The third kappa shape index (κ3) is 5.32. The van der Waals surface area contributed by atoms with Crippen LogP contribution in [0.5, 0.6) is 11.5 Å². The van der Waals surface area contributed by atoms with E-state index in [1.807, 2.05) is 57.2 Å². The summed E-state index contributed by atoms with van der Waals surface area (Å²) in [7, 11) is 0. The largest absolute Gasteiger partial charge is 0.476 e. The van der Waals surface area contributed by atoms with Crippen LogP contribution in [-0.4, -0.2) is 55.5 Å². The molecule has 1 saturated heterocycles. The molecule has 5 rings (SSSR count). The molecule has 38 heavy (non-hydrogen) atoms. The topological polar surface area (TPSA) is 107 Å². The van der Waals surface area contributed by atoms with Gasteiger partial charge in [0, 0.05) is 19.3 Å². The zero-order valence-corrected chi connectivity index (χ0v) is 21.6. The van der Waals surface area contributed by atoms with Gasteiger partial charge in [-0.15, -0.1) is 0 Å². The van der Waals surface area contributed by atoms with Gasteiger partial charge in [0.25, 0.3) is 0 Å². The number of benzene rings is 2. The van der Waals surface area contributed by atoms with Crippen LogP contribution in [0.4, 0.5) is 4.79 Å². The number of aromatic nitrogens is 3. The van der Waals surface area contributed by atoms with Gasteiger partial charge in [0.2, 0.25) is 0 Å². The fourth-order valence-electron chi connectivity index (χ4n) is 4.69. The summed E-state index contributed by atoms with van der Waals surface area (Å²) in [6.07, 6.45) is 2.76. The van der Waals surface area contributed by atoms with Gasteiger partial charge in [-0.3, -0.25) is 4.98 Å². The zero-order chi connectivity index (χ0) is 26.9. The number of amides is 1. The summed E-state index contributed by atoms with van der Waals surface area (Å²) < 4.78 is 12.8. The maximum atomic E-state index is 12.5. The van der Waals surface area contributed by atoms with Gasteiger partial charge in [0.15, 0.2) is 5.69 Å². The highest BCUT2D eigenvalue weighted by Gasteiger charge is 2.30. The second kappa shape index (κ2) is 10.2. The Morgan fingerprint density at radius 2 is 1.58 bits per heavy atom. The molecule has 0 aliphatic carbocycles. The molecule has 1 amide bonds. The highest BCUT2D eigenvalue weighted by atomic mass is 16.6. The monoisotopic (exact) mass is 514 g/mol. The molecule has 9 heteroatoms. The molecule has 2 aromatic heterocycles. The van der Waals surface area contributed by atoms with E-state index in [1.54, 1.807) is 35.4 Å². The lowest BCUT2D eigenvalue weighted by atomic mass is 9.89. The average Bonchev–Trinajstić information content (AvgIpc) is 3.29. The molecule has 9 nitrogen and oxygen atoms in total. The van der Waals surface area contributed by atoms with Crippen molar-refractivity contribution >= 4 is 23.1 Å². The highest BCUT2D eigenvalue weighted by Crippen LogP contribution is 2.34. The van der Waals surface area contributed by atoms with Gasteiger partial charge in [0.05, 0.1) is 5.69 Å². The van der Waals surface area contributed by atoms with E-state index in [-0.39, 0.29) is 17.7 Å². The lowest BCUT2D eigenvalue weighted by Gasteiger charge is -2.33. The molecule has 1 aliphatic heterocycles. The van der Waals surface area contributed by atoms with Crippen molar-refractivity contribution in [3.63, 3.8) is 0 Å². The number of pyridine rings is 1. The predicted octanol–water partition coefficient (Wildman–Crippen LogP) is 6.03. The molecule has 1 N–H and O–H groups in total. The van der Waals surface area contributed by atoms with Crippen LogP contribution in [0, 0.1) is 0 Å². The number of hydrogen-bond acceptors (Lipinski definition) is 6. The van der Waals surface area contributed by atoms with Crippen LogP contribution >= 0.6 is 0 Å². The van der Waals surface area contributed by atoms with Crippen molar-refractivity contribution in [3.8, 4) is 17.2 Å². The van der Waals surface area contributed by atoms with E-state index in [4.69, 9.17) is 14.6 Å². The van der Waals surface area contributed by atoms with E-state index in [0.29, 0.717) is 41.3 Å². The summed E-state index contributed by atoms with van der Waals surface area (Å²) in [6.45, 7) is 6.67. The number of likely N-dealkylation sites (tertiary alicyclic amines) is 1. The summed E-state index contributed by atoms with van der Waals surface area (Å²) in [4.78, 5) is 30.9. The van der Waals surface area contributed by atoms with Crippen LogP contribution in [-0.2, 0) is 4.74 Å². The number of piperidine rings is 1. The summed E-state index contributed by atoms with van der Waals surface area (Å²) in [5, 5.41) is 14.8. The molecule has 0 saturated carbocycles. The summed E-state index contributed by atoms with van der Waals surface area (Å²) in [6, 6.07) is 18.4. The maximum absolute atomic E-state index is 12.5. The van der Waals surface area contributed by atoms with E-state index in [1.165, 1.54) is 4.68 Å². The van der Waals surface area contributed by atoms with Gasteiger partial charge >= 0.3 is 12.1 Å². The van der Waals surface area contributed by atoms with Crippen LogP contribution in [0.15, 0.2) is 66.9 Å². The summed E-state index contributed by atoms with van der Waals surface area (Å²) in [5.41, 5.74) is 1.89. The van der Waals surface area contributed by atoms with Crippen molar-refractivity contribution in [2.45, 2.75) is 45.1 Å². The number of nitrogens with zero attached hydrogens (tertiary/aromatic N) is 4. The zero-order valence-electron chi connectivity index (χ0n) is 21.6. The first-order valence-corrected chi connectivity index (χ1v) is 12.6. The molecule has 0 spiro atoms. The Morgan fingerprint density at radius 3 is 2.21 bits per heavy atom. The Hall–Kier alpha value is -4.40. The first-order valence-electron chi connectivity index (χ1n) is 12.6. The van der Waals surface area contributed by atoms with Crippen molar-refractivity contribution in [2.24, 2.45) is 0 Å². The Bertz CT molecular complexity index is 1450. The first kappa shape index (κ1) is 25.3. The molecule has 4 aromatic rings. The first-order chi connectivity index (χ1) is 18.2. The normalized spacial score (nSPS) is 14.4. The second-order valence-corrected chi connectivity index (χ2v) is 10.3. The number of carboxylic acids is 1. The second-order valence-electron chi connectivity index (χ2n) is 10.3. The maximum Gasteiger partial charge on any atom is 0.410 e. The molecule has 0 radical (unpaired) electrons. The van der Waals surface area contributed by atoms with Gasteiger partial charge in [-0.2, -0.15) is 5.10 Å². The minimum absolute atomic E-state index is 0.00442. The average molecular weight is 515 g/mol. The third-order valence-corrected chi connectivity index (χ3v) is 6.44. The minimum atomic E-state index is -1.11. The highest BCUT2D eigenvalue weighted by molar-refractivity contribution is 6.01. The van der Waals surface area contributed by atoms with Crippen LogP contribution < -0.4 is 4.74 Å². The molecule has 2 aromatic carbocycles. The Balaban J connectivity index is 1.41. The van der Waals surface area contributed by atoms with Crippen LogP contribution in [0.1, 0.15) is 55.6 Å². The number of fused-ring (bicyclic) bond motifs is 1. The van der Waals surface area contributed by atoms with Gasteiger partial charge in [-0.05, 0) is 87.6 Å². The molecule has 1 aliphatic rings. The van der Waals surface area contributed by atoms with Crippen molar-refractivity contribution in [1.82, 2.24) is 19.7 Å². The van der Waals surface area contributed by atoms with E-state index in [9.17, 15) is 14.7 Å². The number of carbonyl (C=O) groups excluding carboxylic acids is 1. The van der Waals surface area contributed by atoms with Crippen molar-refractivity contribution in [3.05, 3.63) is 78.1 Å². The van der Waals surface area contributed by atoms with Crippen molar-refractivity contribution < 1.29 is 24.2 Å². The number of hydrogen-bond donors (Lipinski definition) is 1. The quantitative estimate of drug-likeness (QED) is 0.347. The molecule has 196 valence electrons. The number of carbonyl (C=O) groups is 2. The molecule has 1 fully saturated rings. The number of carboxylic acid groups (broad SMARTS) is 1. The van der Waals surface area contributed by atoms with Crippen LogP contribution in [0.2, 0.25) is 0 Å². The minimum Gasteiger partial charge on any atom is -0.476 e. The Labute approximate surface area is 220 Å². The molecular weight excluding hydrogens is 484 g/mol. The number of aromatic carboxylic acids is 1. The Kier molecular flexibility index (Phi) is 6.75. The van der Waals surface area contributed by atoms with Gasteiger partial charge in [-0.25, -0.2) is 14.3 Å².